The lowest BCUT2D eigenvalue weighted by Gasteiger charge is -2.33. The van der Waals surface area contributed by atoms with Gasteiger partial charge in [0.1, 0.15) is 41.7 Å². The predicted octanol–water partition coefficient (Wildman–Crippen LogP) is -4.43. The number of carbonyl (C=O) groups is 11. The quantitative estimate of drug-likeness (QED) is 0.0618. The van der Waals surface area contributed by atoms with Crippen molar-refractivity contribution in [3.63, 3.8) is 0 Å². The first-order valence-corrected chi connectivity index (χ1v) is 24.9. The number of aliphatic hydroxyl groups is 1. The monoisotopic (exact) mass is 1080 g/mol. The molecule has 0 aromatic heterocycles. The average molecular weight is 1080 g/mol. The second-order valence-corrected chi connectivity index (χ2v) is 19.3. The van der Waals surface area contributed by atoms with Crippen molar-refractivity contribution >= 4 is 75.5 Å². The van der Waals surface area contributed by atoms with E-state index < -0.39 is 161 Å². The van der Waals surface area contributed by atoms with Crippen LogP contribution in [0.3, 0.4) is 0 Å². The van der Waals surface area contributed by atoms with E-state index in [1.165, 1.54) is 43.4 Å². The zero-order valence-electron chi connectivity index (χ0n) is 42.3. The normalized spacial score (nSPS) is 26.2. The van der Waals surface area contributed by atoms with Crippen molar-refractivity contribution in [3.05, 3.63) is 41.6 Å². The molecule has 2 aliphatic heterocycles. The highest BCUT2D eigenvalue weighted by atomic mass is 32.3. The maximum absolute atomic E-state index is 14.7. The minimum absolute atomic E-state index is 0.0295. The molecule has 29 nitrogen and oxygen atoms in total. The first-order valence-electron chi connectivity index (χ1n) is 23.6. The number of methoxy groups -OCH3 is 1. The highest BCUT2D eigenvalue weighted by Crippen LogP contribution is 2.26. The smallest absolute Gasteiger partial charge is 0.398 e. The molecule has 1 aromatic rings. The first-order chi connectivity index (χ1) is 35.0. The number of nitrogens with two attached hydrogens (primary N) is 2. The molecule has 2 fully saturated rings. The molecule has 0 bridgehead atoms. The van der Waals surface area contributed by atoms with Crippen molar-refractivity contribution in [3.8, 4) is 5.75 Å². The Balaban J connectivity index is 2.32. The fourth-order valence-electron chi connectivity index (χ4n) is 8.00. The SMILES string of the molecule is C/C=C1\NC(=O)[C@H](O)[C@@H](CC[C@@H](C)CC)NC(=O)[C@H](CC(N)=O)NC(=O)[C@H](Cc2ccccc2O)NC(=O)[C@@H]2C[C@H](C)CN2C(=O)[C@H]([C@@H](C)OC)NC(=O)[C@@H]([C@H](OS(=O)(=O)O)C(=O)NC(N)=O)NC(=O)CN(C)C1=O. The first kappa shape index (κ1) is 62.0. The highest BCUT2D eigenvalue weighted by Gasteiger charge is 2.46. The van der Waals surface area contributed by atoms with Crippen LogP contribution in [0.5, 0.6) is 5.75 Å². The Hall–Kier alpha value is -7.28. The van der Waals surface area contributed by atoms with Crippen LogP contribution in [0.25, 0.3) is 0 Å². The second kappa shape index (κ2) is 27.9. The van der Waals surface area contributed by atoms with Gasteiger partial charge in [0.05, 0.1) is 25.1 Å². The molecule has 14 N–H and O–H groups in total. The summed E-state index contributed by atoms with van der Waals surface area (Å²) in [7, 11) is -3.65. The number of urea groups is 1. The van der Waals surface area contributed by atoms with Gasteiger partial charge in [0, 0.05) is 27.1 Å². The number of carbonyl (C=O) groups excluding carboxylic acids is 11. The number of phenolic OH excluding ortho intramolecular Hbond substituents is 1. The highest BCUT2D eigenvalue weighted by molar-refractivity contribution is 7.80. The number of allylic oxidation sites excluding steroid dienone is 1. The summed E-state index contributed by atoms with van der Waals surface area (Å²) in [6.07, 6.45) is -5.92. The number of amides is 12. The number of aliphatic hydroxyl groups excluding tert-OH is 1. The number of imide groups is 1. The molecule has 30 heteroatoms. The van der Waals surface area contributed by atoms with E-state index in [0.717, 1.165) is 25.1 Å². The summed E-state index contributed by atoms with van der Waals surface area (Å²) < 4.78 is 43.7. The number of nitrogens with zero attached hydrogens (tertiary/aromatic N) is 2. The molecule has 75 heavy (non-hydrogen) atoms. The maximum atomic E-state index is 14.7. The van der Waals surface area contributed by atoms with E-state index in [1.54, 1.807) is 6.92 Å². The van der Waals surface area contributed by atoms with Crippen LogP contribution in [0.1, 0.15) is 72.3 Å². The van der Waals surface area contributed by atoms with Crippen LogP contribution < -0.4 is 48.7 Å². The van der Waals surface area contributed by atoms with Crippen molar-refractivity contribution in [1.82, 2.24) is 47.0 Å². The van der Waals surface area contributed by atoms with Crippen molar-refractivity contribution in [1.29, 1.82) is 0 Å². The third-order valence-electron chi connectivity index (χ3n) is 12.4. The molecule has 12 amide bonds. The molecule has 0 aliphatic carbocycles. The predicted molar refractivity (Wildman–Crippen MR) is 259 cm³/mol. The lowest BCUT2D eigenvalue weighted by atomic mass is 9.95. The van der Waals surface area contributed by atoms with Gasteiger partial charge in [0.15, 0.2) is 12.2 Å². The van der Waals surface area contributed by atoms with Gasteiger partial charge >= 0.3 is 16.4 Å². The van der Waals surface area contributed by atoms with E-state index in [2.05, 4.69) is 30.8 Å². The number of hydrogen-bond donors (Lipinski definition) is 12. The van der Waals surface area contributed by atoms with Crippen LogP contribution in [0, 0.1) is 11.8 Å². The number of aromatic hydroxyl groups is 1. The van der Waals surface area contributed by atoms with Gasteiger partial charge in [0.25, 0.3) is 17.7 Å². The number of rotatable bonds is 14. The molecule has 11 atom stereocenters. The molecule has 416 valence electrons. The van der Waals surface area contributed by atoms with E-state index in [0.29, 0.717) is 17.7 Å². The molecule has 1 aromatic carbocycles. The summed E-state index contributed by atoms with van der Waals surface area (Å²) in [5.41, 5.74) is 10.1. The fourth-order valence-corrected chi connectivity index (χ4v) is 8.46. The molecule has 0 radical (unpaired) electrons. The number of para-hydroxylation sites is 1. The summed E-state index contributed by atoms with van der Waals surface area (Å²) in [5, 5.41) is 37.5. The zero-order chi connectivity index (χ0) is 56.6. The third-order valence-corrected chi connectivity index (χ3v) is 12.8. The number of ether oxygens (including phenoxy) is 1. The van der Waals surface area contributed by atoms with Crippen LogP contribution >= 0.6 is 0 Å². The van der Waals surface area contributed by atoms with Gasteiger partial charge < -0.3 is 68.1 Å². The van der Waals surface area contributed by atoms with E-state index >= 15 is 0 Å². The maximum Gasteiger partial charge on any atom is 0.398 e. The second-order valence-electron chi connectivity index (χ2n) is 18.2. The van der Waals surface area contributed by atoms with Crippen molar-refractivity contribution in [2.24, 2.45) is 23.3 Å². The van der Waals surface area contributed by atoms with Gasteiger partial charge in [-0.3, -0.25) is 57.8 Å². The van der Waals surface area contributed by atoms with Crippen LogP contribution in [-0.4, -0.2) is 180 Å². The van der Waals surface area contributed by atoms with E-state index in [9.17, 15) is 75.9 Å². The summed E-state index contributed by atoms with van der Waals surface area (Å²) in [5.74, 6) is -13.5. The minimum atomic E-state index is -5.76. The standard InChI is InChI=1S/C45H67N11O18S/c1-8-21(3)14-15-26-35(60)41(65)48-25(9-2)43(67)55(6)20-32(59)52-34(36(74-75(70,71)72)42(66)54-45(47)69)40(64)53-33(23(5)73-7)44(68)56-19-22(4)16-29(56)39(63)51-27(17-24-12-10-11-13-30(24)57)37(61)50-28(18-31(46)58)38(62)49-26/h9-13,21-23,26-29,33-36,57,60H,8,14-20H2,1-7H3,(H2,46,58)(H,48,65)(H,49,62)(H,50,61)(H,51,63)(H,52,59)(H,53,64)(H,70,71,72)(H3,47,54,66,69)/b25-9-/t21-,22-,23+,26+,27-,28-,29-,33-,34+,35+,36-/m0/s1. The van der Waals surface area contributed by atoms with Gasteiger partial charge in [0.2, 0.25) is 41.4 Å². The van der Waals surface area contributed by atoms with Gasteiger partial charge in [-0.25, -0.2) is 8.98 Å². The van der Waals surface area contributed by atoms with Crippen molar-refractivity contribution in [2.45, 2.75) is 128 Å². The Morgan fingerprint density at radius 3 is 2.11 bits per heavy atom. The molecule has 2 aliphatic rings. The Labute approximate surface area is 431 Å². The summed E-state index contributed by atoms with van der Waals surface area (Å²) in [4.78, 5) is 152. The van der Waals surface area contributed by atoms with Gasteiger partial charge in [-0.1, -0.05) is 51.5 Å². The Morgan fingerprint density at radius 1 is 0.907 bits per heavy atom. The Bertz CT molecular complexity index is 2480. The number of nitrogens with one attached hydrogen (secondary N) is 7. The molecule has 0 unspecified atom stereocenters. The topological polar surface area (TPSA) is 444 Å². The van der Waals surface area contributed by atoms with Crippen molar-refractivity contribution < 1.29 is 84.8 Å². The number of hydrogen-bond acceptors (Lipinski definition) is 17. The molecule has 2 heterocycles. The van der Waals surface area contributed by atoms with Gasteiger partial charge in [-0.15, -0.1) is 0 Å². The molecule has 3 rings (SSSR count). The minimum Gasteiger partial charge on any atom is -0.508 e. The van der Waals surface area contributed by atoms with Crippen molar-refractivity contribution in [2.75, 3.05) is 27.2 Å². The van der Waals surface area contributed by atoms with Crippen LogP contribution in [0.2, 0.25) is 0 Å². The third kappa shape index (κ3) is 18.3. The lowest BCUT2D eigenvalue weighted by Crippen LogP contribution is -2.65. The summed E-state index contributed by atoms with van der Waals surface area (Å²) in [6.45, 7) is 6.63. The molecular formula is C45H67N11O18S. The summed E-state index contributed by atoms with van der Waals surface area (Å²) >= 11 is 0. The molecule has 0 spiro atoms. The van der Waals surface area contributed by atoms with Crippen LogP contribution in [0.4, 0.5) is 4.79 Å². The number of fused-ring (bicyclic) bond motifs is 1. The summed E-state index contributed by atoms with van der Waals surface area (Å²) in [6, 6.07) is -6.94. The number of likely N-dealkylation sites (N-methyl/N-ethyl adjacent to an activating group) is 1. The molecule has 2 saturated heterocycles. The van der Waals surface area contributed by atoms with Crippen LogP contribution in [0.15, 0.2) is 36.0 Å². The lowest BCUT2D eigenvalue weighted by molar-refractivity contribution is -0.146. The molecule has 0 saturated carbocycles. The van der Waals surface area contributed by atoms with E-state index in [1.807, 2.05) is 19.2 Å². The largest absolute Gasteiger partial charge is 0.508 e. The van der Waals surface area contributed by atoms with Crippen LogP contribution in [-0.2, 0) is 73.7 Å². The Morgan fingerprint density at radius 2 is 1.53 bits per heavy atom. The van der Waals surface area contributed by atoms with Gasteiger partial charge in [-0.05, 0) is 56.6 Å². The average Bonchev–Trinajstić information content (AvgIpc) is 3.74. The molecular weight excluding hydrogens is 1010 g/mol. The number of benzene rings is 1. The van der Waals surface area contributed by atoms with E-state index in [4.69, 9.17) is 16.2 Å². The number of phenols is 1. The zero-order valence-corrected chi connectivity index (χ0v) is 43.1. The van der Waals surface area contributed by atoms with E-state index in [-0.39, 0.29) is 36.6 Å². The van der Waals surface area contributed by atoms with Gasteiger partial charge in [-0.2, -0.15) is 8.42 Å². The fraction of sp³-hybridized carbons (Fsp3) is 0.578. The number of primary amides is 2. The Kier molecular flexibility index (Phi) is 23.0.